The molecule has 33 heavy (non-hydrogen) atoms. The highest BCUT2D eigenvalue weighted by atomic mass is 16.2. The Hall–Kier alpha value is -3.51. The van der Waals surface area contributed by atoms with Crippen molar-refractivity contribution in [2.24, 2.45) is 5.73 Å². The first-order valence-electron chi connectivity index (χ1n) is 11.4. The molecule has 3 N–H and O–H groups in total. The number of likely N-dealkylation sites (tertiary alicyclic amines) is 1. The Bertz CT molecular complexity index is 1110. The number of aryl methyl sites for hydroxylation is 1. The van der Waals surface area contributed by atoms with Crippen molar-refractivity contribution >= 4 is 11.8 Å². The molecule has 0 aliphatic carbocycles. The predicted molar refractivity (Wildman–Crippen MR) is 130 cm³/mol. The number of pyridine rings is 1. The minimum absolute atomic E-state index is 0.0733. The maximum atomic E-state index is 13.1. The molecule has 1 atom stereocenters. The van der Waals surface area contributed by atoms with E-state index in [0.29, 0.717) is 17.8 Å². The summed E-state index contributed by atoms with van der Waals surface area (Å²) in [6.07, 6.45) is 3.01. The third-order valence-electron chi connectivity index (χ3n) is 6.22. The molecule has 4 rings (SSSR count). The molecule has 1 fully saturated rings. The highest BCUT2D eigenvalue weighted by molar-refractivity contribution is 5.94. The minimum atomic E-state index is -0.475. The van der Waals surface area contributed by atoms with Gasteiger partial charge in [-0.1, -0.05) is 54.6 Å². The first kappa shape index (κ1) is 22.7. The van der Waals surface area contributed by atoms with Crippen molar-refractivity contribution in [3.63, 3.8) is 0 Å². The molecule has 170 valence electrons. The average molecular weight is 443 g/mol. The lowest BCUT2D eigenvalue weighted by Crippen LogP contribution is -2.46. The van der Waals surface area contributed by atoms with Crippen LogP contribution >= 0.6 is 0 Å². The smallest absolute Gasteiger partial charge is 0.250 e. The molecule has 0 radical (unpaired) electrons. The summed E-state index contributed by atoms with van der Waals surface area (Å²) in [5.74, 6) is -0.402. The molecule has 0 bridgehead atoms. The van der Waals surface area contributed by atoms with Gasteiger partial charge in [0.15, 0.2) is 0 Å². The lowest BCUT2D eigenvalue weighted by Gasteiger charge is -2.26. The Morgan fingerprint density at radius 1 is 0.970 bits per heavy atom. The minimum Gasteiger partial charge on any atom is -0.366 e. The van der Waals surface area contributed by atoms with E-state index < -0.39 is 5.91 Å². The first-order chi connectivity index (χ1) is 16.0. The van der Waals surface area contributed by atoms with E-state index in [-0.39, 0.29) is 11.9 Å². The fraction of sp³-hybridized carbons (Fsp3) is 0.296. The van der Waals surface area contributed by atoms with Gasteiger partial charge in [0.1, 0.15) is 0 Å². The zero-order valence-corrected chi connectivity index (χ0v) is 19.0. The largest absolute Gasteiger partial charge is 0.366 e. The molecule has 2 amide bonds. The van der Waals surface area contributed by atoms with Crippen molar-refractivity contribution in [2.45, 2.75) is 38.8 Å². The summed E-state index contributed by atoms with van der Waals surface area (Å²) >= 11 is 0. The quantitative estimate of drug-likeness (QED) is 0.559. The molecule has 3 aromatic rings. The number of hydrogen-bond acceptors (Lipinski definition) is 4. The number of carbonyl (C=O) groups is 2. The Labute approximate surface area is 194 Å². The summed E-state index contributed by atoms with van der Waals surface area (Å²) in [6.45, 7) is 4.20. The highest BCUT2D eigenvalue weighted by Crippen LogP contribution is 2.20. The second-order valence-electron chi connectivity index (χ2n) is 8.56. The van der Waals surface area contributed by atoms with Crippen LogP contribution in [0.15, 0.2) is 66.7 Å². The normalized spacial score (nSPS) is 14.7. The van der Waals surface area contributed by atoms with Gasteiger partial charge in [-0.05, 0) is 62.5 Å². The molecular formula is C27H30N4O2. The number of nitrogens with one attached hydrogen (secondary N) is 1. The molecule has 2 heterocycles. The third kappa shape index (κ3) is 5.65. The number of aromatic nitrogens is 1. The topological polar surface area (TPSA) is 88.3 Å². The number of hydrogen-bond donors (Lipinski definition) is 2. The Balaban J connectivity index is 1.40. The number of primary amides is 1. The van der Waals surface area contributed by atoms with E-state index >= 15 is 0 Å². The number of nitrogens with zero attached hydrogens (tertiary/aromatic N) is 2. The van der Waals surface area contributed by atoms with Crippen molar-refractivity contribution in [1.82, 2.24) is 15.2 Å². The van der Waals surface area contributed by atoms with Gasteiger partial charge in [0, 0.05) is 12.1 Å². The van der Waals surface area contributed by atoms with E-state index in [0.717, 1.165) is 49.2 Å². The van der Waals surface area contributed by atoms with E-state index in [2.05, 4.69) is 27.3 Å². The average Bonchev–Trinajstić information content (AvgIpc) is 3.36. The van der Waals surface area contributed by atoms with Crippen LogP contribution in [0.2, 0.25) is 0 Å². The molecule has 0 saturated carbocycles. The molecule has 1 aliphatic rings. The van der Waals surface area contributed by atoms with Crippen LogP contribution in [0.4, 0.5) is 0 Å². The van der Waals surface area contributed by atoms with E-state index in [1.165, 1.54) is 5.56 Å². The lowest BCUT2D eigenvalue weighted by atomic mass is 10.0. The summed E-state index contributed by atoms with van der Waals surface area (Å²) < 4.78 is 0. The van der Waals surface area contributed by atoms with Crippen LogP contribution in [0.5, 0.6) is 0 Å². The summed E-state index contributed by atoms with van der Waals surface area (Å²) in [5, 5.41) is 3.14. The standard InChI is InChI=1S/C27H30N4O2/c1-19-23(26(28)32)13-14-24(30-19)22-11-9-21(10-12-22)18-29-27(33)25(31-15-5-6-16-31)17-20-7-3-2-4-8-20/h2-4,7-14,25H,5-6,15-18H2,1H3,(H2,28,32)(H,29,33)/t25-/m0/s1. The Morgan fingerprint density at radius 2 is 1.67 bits per heavy atom. The summed E-state index contributed by atoms with van der Waals surface area (Å²) in [5.41, 5.74) is 10.3. The van der Waals surface area contributed by atoms with Gasteiger partial charge in [-0.2, -0.15) is 0 Å². The number of benzene rings is 2. The van der Waals surface area contributed by atoms with Gasteiger partial charge < -0.3 is 11.1 Å². The van der Waals surface area contributed by atoms with Crippen LogP contribution in [0.1, 0.15) is 40.0 Å². The van der Waals surface area contributed by atoms with E-state index in [9.17, 15) is 9.59 Å². The van der Waals surface area contributed by atoms with Gasteiger partial charge >= 0.3 is 0 Å². The maximum Gasteiger partial charge on any atom is 0.250 e. The van der Waals surface area contributed by atoms with Gasteiger partial charge in [-0.15, -0.1) is 0 Å². The van der Waals surface area contributed by atoms with E-state index in [1.807, 2.05) is 42.5 Å². The molecule has 1 aromatic heterocycles. The van der Waals surface area contributed by atoms with Crippen LogP contribution in [0.25, 0.3) is 11.3 Å². The SMILES string of the molecule is Cc1nc(-c2ccc(CNC(=O)[C@H](Cc3ccccc3)N3CCCC3)cc2)ccc1C(N)=O. The second-order valence-corrected chi connectivity index (χ2v) is 8.56. The molecule has 6 nitrogen and oxygen atoms in total. The number of rotatable bonds is 8. The first-order valence-corrected chi connectivity index (χ1v) is 11.4. The fourth-order valence-corrected chi connectivity index (χ4v) is 4.36. The molecule has 1 saturated heterocycles. The van der Waals surface area contributed by atoms with Gasteiger partial charge in [0.05, 0.1) is 23.0 Å². The zero-order chi connectivity index (χ0) is 23.2. The van der Waals surface area contributed by atoms with Crippen LogP contribution in [0, 0.1) is 6.92 Å². The van der Waals surface area contributed by atoms with Gasteiger partial charge in [0.25, 0.3) is 5.91 Å². The summed E-state index contributed by atoms with van der Waals surface area (Å²) in [6, 6.07) is 21.5. The van der Waals surface area contributed by atoms with E-state index in [4.69, 9.17) is 5.73 Å². The van der Waals surface area contributed by atoms with Crippen molar-refractivity contribution in [2.75, 3.05) is 13.1 Å². The zero-order valence-electron chi connectivity index (χ0n) is 19.0. The van der Waals surface area contributed by atoms with Crippen LogP contribution in [-0.2, 0) is 17.8 Å². The fourth-order valence-electron chi connectivity index (χ4n) is 4.36. The van der Waals surface area contributed by atoms with Crippen LogP contribution < -0.4 is 11.1 Å². The maximum absolute atomic E-state index is 13.1. The van der Waals surface area contributed by atoms with Crippen LogP contribution in [-0.4, -0.2) is 40.8 Å². The van der Waals surface area contributed by atoms with Crippen LogP contribution in [0.3, 0.4) is 0 Å². The Morgan fingerprint density at radius 3 is 2.30 bits per heavy atom. The van der Waals surface area contributed by atoms with Crippen molar-refractivity contribution in [3.05, 3.63) is 89.1 Å². The second kappa shape index (κ2) is 10.4. The highest BCUT2D eigenvalue weighted by Gasteiger charge is 2.28. The molecular weight excluding hydrogens is 412 g/mol. The van der Waals surface area contributed by atoms with Gasteiger partial charge in [-0.3, -0.25) is 19.5 Å². The summed E-state index contributed by atoms with van der Waals surface area (Å²) in [7, 11) is 0. The number of amides is 2. The van der Waals surface area contributed by atoms with E-state index in [1.54, 1.807) is 19.1 Å². The molecule has 2 aromatic carbocycles. The molecule has 0 unspecified atom stereocenters. The summed E-state index contributed by atoms with van der Waals surface area (Å²) in [4.78, 5) is 31.3. The molecule has 1 aliphatic heterocycles. The van der Waals surface area contributed by atoms with Crippen molar-refractivity contribution < 1.29 is 9.59 Å². The lowest BCUT2D eigenvalue weighted by molar-refractivity contribution is -0.126. The number of nitrogens with two attached hydrogens (primary N) is 1. The monoisotopic (exact) mass is 442 g/mol. The van der Waals surface area contributed by atoms with Crippen molar-refractivity contribution in [3.8, 4) is 11.3 Å². The molecule has 6 heteroatoms. The van der Waals surface area contributed by atoms with Gasteiger partial charge in [0.2, 0.25) is 5.91 Å². The Kier molecular flexibility index (Phi) is 7.15. The number of carbonyl (C=O) groups excluding carboxylic acids is 2. The molecule has 0 spiro atoms. The van der Waals surface area contributed by atoms with Crippen molar-refractivity contribution in [1.29, 1.82) is 0 Å². The predicted octanol–water partition coefficient (Wildman–Crippen LogP) is 3.48. The third-order valence-corrected chi connectivity index (χ3v) is 6.22. The van der Waals surface area contributed by atoms with Gasteiger partial charge in [-0.25, -0.2) is 0 Å².